The summed E-state index contributed by atoms with van der Waals surface area (Å²) in [7, 11) is 0. The zero-order chi connectivity index (χ0) is 29.7. The van der Waals surface area contributed by atoms with Crippen molar-refractivity contribution in [1.29, 1.82) is 0 Å². The van der Waals surface area contributed by atoms with E-state index in [0.717, 1.165) is 22.4 Å². The molecule has 216 valence electrons. The number of rotatable bonds is 7. The lowest BCUT2D eigenvalue weighted by Gasteiger charge is -2.20. The van der Waals surface area contributed by atoms with Gasteiger partial charge >= 0.3 is 6.18 Å². The van der Waals surface area contributed by atoms with Crippen LogP contribution in [0.3, 0.4) is 0 Å². The van der Waals surface area contributed by atoms with E-state index < -0.39 is 58.7 Å². The van der Waals surface area contributed by atoms with E-state index in [-0.39, 0.29) is 29.8 Å². The number of halogens is 5. The molecule has 41 heavy (non-hydrogen) atoms. The molecule has 0 aliphatic carbocycles. The molecule has 0 spiro atoms. The fraction of sp³-hybridized carbons (Fsp3) is 0.370. The Labute approximate surface area is 229 Å². The Kier molecular flexibility index (Phi) is 7.14. The molecule has 14 heteroatoms. The fourth-order valence-corrected chi connectivity index (χ4v) is 4.89. The van der Waals surface area contributed by atoms with E-state index in [4.69, 9.17) is 4.74 Å². The largest absolute Gasteiger partial charge is 0.423 e. The van der Waals surface area contributed by atoms with Crippen LogP contribution in [0.1, 0.15) is 44.0 Å². The summed E-state index contributed by atoms with van der Waals surface area (Å²) < 4.78 is 76.7. The monoisotopic (exact) mass is 576 g/mol. The predicted molar refractivity (Wildman–Crippen MR) is 139 cm³/mol. The van der Waals surface area contributed by atoms with E-state index >= 15 is 4.39 Å². The number of hydrogen-bond donors (Lipinski definition) is 2. The third-order valence-corrected chi connectivity index (χ3v) is 6.94. The molecule has 2 unspecified atom stereocenters. The van der Waals surface area contributed by atoms with Crippen LogP contribution in [0, 0.1) is 5.82 Å². The van der Waals surface area contributed by atoms with Gasteiger partial charge in [0.15, 0.2) is 5.82 Å². The van der Waals surface area contributed by atoms with Crippen molar-refractivity contribution in [1.82, 2.24) is 24.7 Å². The Morgan fingerprint density at radius 3 is 2.71 bits per heavy atom. The summed E-state index contributed by atoms with van der Waals surface area (Å²) >= 11 is 0. The van der Waals surface area contributed by atoms with E-state index in [1.807, 2.05) is 13.8 Å². The Hall–Kier alpha value is -4.20. The minimum absolute atomic E-state index is 0.0159. The number of fused-ring (bicyclic) bond motifs is 2. The van der Waals surface area contributed by atoms with Crippen molar-refractivity contribution in [2.24, 2.45) is 0 Å². The van der Waals surface area contributed by atoms with Crippen LogP contribution in [0.5, 0.6) is 0 Å². The molecule has 9 nitrogen and oxygen atoms in total. The maximum Gasteiger partial charge on any atom is 0.423 e. The number of ether oxygens (including phenoxy) is 1. The van der Waals surface area contributed by atoms with Gasteiger partial charge in [-0.05, 0) is 44.4 Å². The van der Waals surface area contributed by atoms with Crippen molar-refractivity contribution in [3.63, 3.8) is 0 Å². The van der Waals surface area contributed by atoms with Crippen molar-refractivity contribution in [3.8, 4) is 11.4 Å². The molecule has 1 aliphatic heterocycles. The first-order valence-corrected chi connectivity index (χ1v) is 12.6. The molecule has 1 aliphatic rings. The summed E-state index contributed by atoms with van der Waals surface area (Å²) in [5.41, 5.74) is -3.11. The van der Waals surface area contributed by atoms with Gasteiger partial charge in [0.2, 0.25) is 0 Å². The van der Waals surface area contributed by atoms with Gasteiger partial charge in [-0.1, -0.05) is 0 Å². The molecular weight excluding hydrogens is 551 g/mol. The molecule has 5 rings (SSSR count). The molecule has 1 aromatic carbocycles. The highest BCUT2D eigenvalue weighted by Gasteiger charge is 2.38. The molecule has 4 heterocycles. The van der Waals surface area contributed by atoms with Crippen molar-refractivity contribution in [2.45, 2.75) is 64.3 Å². The van der Waals surface area contributed by atoms with Crippen molar-refractivity contribution in [3.05, 3.63) is 80.1 Å². The van der Waals surface area contributed by atoms with Gasteiger partial charge in [-0.3, -0.25) is 9.59 Å². The number of hydrogen-bond acceptors (Lipinski definition) is 7. The van der Waals surface area contributed by atoms with Crippen molar-refractivity contribution >= 4 is 16.5 Å². The molecule has 0 radical (unpaired) electrons. The van der Waals surface area contributed by atoms with E-state index in [9.17, 15) is 27.2 Å². The smallest absolute Gasteiger partial charge is 0.381 e. The molecule has 0 bridgehead atoms. The number of alkyl halides is 4. The standard InChI is InChI=1S/C27H25F5N6O3/c1-13(35-20-10-34-37-24(39)22(20)27(30,31)32)6-15(28)11-38-5-4-14-7-17(19(29)8-16(14)25(38)40)23-33-9-18-21(36-23)12-41-26(18,2)3/h4-5,7-10,13,15H,6,11-12H2,1-3H3,(H2,35,37,39). The Bertz CT molecular complexity index is 1750. The number of benzene rings is 1. The van der Waals surface area contributed by atoms with Gasteiger partial charge in [-0.25, -0.2) is 23.8 Å². The van der Waals surface area contributed by atoms with Crippen LogP contribution in [-0.2, 0) is 29.7 Å². The number of nitrogens with zero attached hydrogens (tertiary/aromatic N) is 4. The second kappa shape index (κ2) is 10.3. The number of aromatic amines is 1. The first kappa shape index (κ1) is 28.3. The molecule has 0 saturated carbocycles. The highest BCUT2D eigenvalue weighted by Crippen LogP contribution is 2.36. The number of nitrogens with one attached hydrogen (secondary N) is 2. The lowest BCUT2D eigenvalue weighted by atomic mass is 10.0. The summed E-state index contributed by atoms with van der Waals surface area (Å²) in [6, 6.07) is 3.18. The van der Waals surface area contributed by atoms with Gasteiger partial charge in [-0.2, -0.15) is 18.3 Å². The van der Waals surface area contributed by atoms with Crippen LogP contribution in [-0.4, -0.2) is 36.9 Å². The Morgan fingerprint density at radius 2 is 1.98 bits per heavy atom. The average molecular weight is 577 g/mol. The van der Waals surface area contributed by atoms with E-state index in [1.54, 1.807) is 11.3 Å². The van der Waals surface area contributed by atoms with Crippen LogP contribution >= 0.6 is 0 Å². The van der Waals surface area contributed by atoms with Crippen molar-refractivity contribution < 1.29 is 26.7 Å². The topological polar surface area (TPSA) is 115 Å². The second-order valence-corrected chi connectivity index (χ2v) is 10.4. The Morgan fingerprint density at radius 1 is 1.22 bits per heavy atom. The third-order valence-electron chi connectivity index (χ3n) is 6.94. The van der Waals surface area contributed by atoms with Crippen LogP contribution in [0.15, 0.2) is 46.4 Å². The van der Waals surface area contributed by atoms with Gasteiger partial charge in [0.05, 0.1) is 47.3 Å². The first-order chi connectivity index (χ1) is 19.2. The van der Waals surface area contributed by atoms with Crippen LogP contribution in [0.25, 0.3) is 22.2 Å². The van der Waals surface area contributed by atoms with Crippen LogP contribution in [0.4, 0.5) is 27.6 Å². The zero-order valence-electron chi connectivity index (χ0n) is 22.1. The quantitative estimate of drug-likeness (QED) is 0.307. The highest BCUT2D eigenvalue weighted by molar-refractivity contribution is 5.86. The average Bonchev–Trinajstić information content (AvgIpc) is 3.18. The van der Waals surface area contributed by atoms with E-state index in [2.05, 4.69) is 20.4 Å². The molecule has 2 atom stereocenters. The lowest BCUT2D eigenvalue weighted by Crippen LogP contribution is -2.30. The van der Waals surface area contributed by atoms with Crippen LogP contribution in [0.2, 0.25) is 0 Å². The fourth-order valence-electron chi connectivity index (χ4n) is 4.89. The highest BCUT2D eigenvalue weighted by atomic mass is 19.4. The van der Waals surface area contributed by atoms with E-state index in [1.165, 1.54) is 25.3 Å². The summed E-state index contributed by atoms with van der Waals surface area (Å²) in [5, 5.41) is 7.98. The molecule has 0 amide bonds. The molecular formula is C27H25F5N6O3. The van der Waals surface area contributed by atoms with Gasteiger partial charge < -0.3 is 14.6 Å². The maximum atomic E-state index is 15.2. The second-order valence-electron chi connectivity index (χ2n) is 10.4. The predicted octanol–water partition coefficient (Wildman–Crippen LogP) is 4.69. The van der Waals surface area contributed by atoms with Crippen LogP contribution < -0.4 is 16.4 Å². The van der Waals surface area contributed by atoms with Gasteiger partial charge in [0.1, 0.15) is 17.6 Å². The molecule has 4 aromatic rings. The number of anilines is 1. The lowest BCUT2D eigenvalue weighted by molar-refractivity contribution is -0.138. The summed E-state index contributed by atoms with van der Waals surface area (Å²) in [5.74, 6) is -0.588. The van der Waals surface area contributed by atoms with Gasteiger partial charge in [0, 0.05) is 30.4 Å². The van der Waals surface area contributed by atoms with Crippen molar-refractivity contribution in [2.75, 3.05) is 5.32 Å². The normalized spacial score (nSPS) is 16.0. The third kappa shape index (κ3) is 5.56. The molecule has 0 saturated heterocycles. The molecule has 3 aromatic heterocycles. The SMILES string of the molecule is CC(CC(F)Cn1ccc2cc(-c3ncc4c(n3)COC4(C)C)c(F)cc2c1=O)Nc1cn[nH]c(=O)c1C(F)(F)F. The molecule has 2 N–H and O–H groups in total. The summed E-state index contributed by atoms with van der Waals surface area (Å²) in [6.45, 7) is 5.04. The minimum Gasteiger partial charge on any atom is -0.381 e. The number of H-pyrrole nitrogens is 1. The Balaban J connectivity index is 1.34. The van der Waals surface area contributed by atoms with Gasteiger partial charge in [0.25, 0.3) is 11.1 Å². The number of aromatic nitrogens is 5. The zero-order valence-corrected chi connectivity index (χ0v) is 22.1. The summed E-state index contributed by atoms with van der Waals surface area (Å²) in [6.07, 6.45) is -3.14. The van der Waals surface area contributed by atoms with E-state index in [0.29, 0.717) is 11.1 Å². The summed E-state index contributed by atoms with van der Waals surface area (Å²) in [4.78, 5) is 33.4. The minimum atomic E-state index is -4.95. The maximum absolute atomic E-state index is 15.2. The first-order valence-electron chi connectivity index (χ1n) is 12.6. The number of pyridine rings is 1. The molecule has 0 fully saturated rings. The van der Waals surface area contributed by atoms with Gasteiger partial charge in [-0.15, -0.1) is 0 Å².